The molecule has 1 aliphatic rings. The molecule has 0 aromatic rings. The van der Waals surface area contributed by atoms with Gasteiger partial charge in [-0.1, -0.05) is 0 Å². The van der Waals surface area contributed by atoms with Crippen LogP contribution in [0.15, 0.2) is 0 Å². The summed E-state index contributed by atoms with van der Waals surface area (Å²) in [5, 5.41) is 5.95. The second-order valence-corrected chi connectivity index (χ2v) is 6.72. The number of nitrogens with zero attached hydrogens (tertiary/aromatic N) is 1. The molecule has 0 aromatic carbocycles. The van der Waals surface area contributed by atoms with Crippen LogP contribution in [0.25, 0.3) is 0 Å². The molecule has 0 aromatic heterocycles. The van der Waals surface area contributed by atoms with Crippen molar-refractivity contribution < 1.29 is 14.3 Å². The summed E-state index contributed by atoms with van der Waals surface area (Å²) in [5.74, 6) is 0.249. The first-order chi connectivity index (χ1) is 10.4. The number of piperidine rings is 1. The topological polar surface area (TPSA) is 70.7 Å². The van der Waals surface area contributed by atoms with Gasteiger partial charge in [-0.3, -0.25) is 4.79 Å². The molecule has 1 saturated heterocycles. The number of amides is 2. The molecule has 1 heterocycles. The van der Waals surface area contributed by atoms with E-state index in [0.717, 1.165) is 38.9 Å². The summed E-state index contributed by atoms with van der Waals surface area (Å²) in [6.45, 7) is 9.40. The average Bonchev–Trinajstić information content (AvgIpc) is 2.45. The number of likely N-dealkylation sites (tertiary alicyclic amines) is 1. The molecule has 0 spiro atoms. The number of hydrogen-bond acceptors (Lipinski definition) is 4. The lowest BCUT2D eigenvalue weighted by Crippen LogP contribution is -2.37. The van der Waals surface area contributed by atoms with Gasteiger partial charge in [-0.25, -0.2) is 4.79 Å². The van der Waals surface area contributed by atoms with E-state index in [1.54, 1.807) is 0 Å². The smallest absolute Gasteiger partial charge is 0.407 e. The van der Waals surface area contributed by atoms with Gasteiger partial charge < -0.3 is 20.3 Å². The number of hydrogen-bond donors (Lipinski definition) is 2. The zero-order chi connectivity index (χ0) is 16.4. The molecule has 128 valence electrons. The molecule has 0 saturated carbocycles. The lowest BCUT2D eigenvalue weighted by atomic mass is 10.1. The van der Waals surface area contributed by atoms with Gasteiger partial charge in [0.25, 0.3) is 0 Å². The Hall–Kier alpha value is -1.30. The third kappa shape index (κ3) is 8.87. The van der Waals surface area contributed by atoms with Gasteiger partial charge in [-0.2, -0.15) is 0 Å². The first kappa shape index (κ1) is 18.7. The fourth-order valence-electron chi connectivity index (χ4n) is 2.34. The third-order valence-corrected chi connectivity index (χ3v) is 3.42. The molecule has 0 unspecified atom stereocenters. The Balaban J connectivity index is 1.95. The van der Waals surface area contributed by atoms with E-state index in [2.05, 4.69) is 10.6 Å². The van der Waals surface area contributed by atoms with E-state index in [4.69, 9.17) is 4.74 Å². The molecular weight excluding hydrogens is 282 g/mol. The highest BCUT2D eigenvalue weighted by Crippen LogP contribution is 2.09. The van der Waals surface area contributed by atoms with E-state index in [-0.39, 0.29) is 12.0 Å². The normalized spacial score (nSPS) is 15.5. The third-order valence-electron chi connectivity index (χ3n) is 3.42. The monoisotopic (exact) mass is 313 g/mol. The fraction of sp³-hybridized carbons (Fsp3) is 0.875. The largest absolute Gasteiger partial charge is 0.444 e. The molecule has 0 radical (unpaired) electrons. The predicted molar refractivity (Wildman–Crippen MR) is 86.8 cm³/mol. The lowest BCUT2D eigenvalue weighted by Gasteiger charge is -2.26. The van der Waals surface area contributed by atoms with E-state index in [9.17, 15) is 9.59 Å². The second-order valence-electron chi connectivity index (χ2n) is 6.72. The zero-order valence-corrected chi connectivity index (χ0v) is 14.2. The number of carbonyl (C=O) groups excluding carboxylic acids is 2. The zero-order valence-electron chi connectivity index (χ0n) is 14.2. The number of nitrogens with one attached hydrogen (secondary N) is 2. The van der Waals surface area contributed by atoms with Gasteiger partial charge in [0.15, 0.2) is 0 Å². The van der Waals surface area contributed by atoms with Crippen molar-refractivity contribution >= 4 is 12.0 Å². The van der Waals surface area contributed by atoms with Gasteiger partial charge in [-0.15, -0.1) is 0 Å². The van der Waals surface area contributed by atoms with Crippen molar-refractivity contribution in [2.45, 2.75) is 58.5 Å². The van der Waals surface area contributed by atoms with Crippen LogP contribution in [0.2, 0.25) is 0 Å². The number of carbonyl (C=O) groups is 2. The maximum Gasteiger partial charge on any atom is 0.407 e. The van der Waals surface area contributed by atoms with Gasteiger partial charge in [0, 0.05) is 32.6 Å². The van der Waals surface area contributed by atoms with E-state index in [1.165, 1.54) is 6.42 Å². The molecule has 1 rings (SSSR count). The minimum atomic E-state index is -0.461. The molecule has 6 heteroatoms. The van der Waals surface area contributed by atoms with Crippen LogP contribution in [-0.4, -0.2) is 55.2 Å². The maximum atomic E-state index is 11.9. The van der Waals surface area contributed by atoms with Gasteiger partial charge in [-0.05, 0) is 53.0 Å². The Kier molecular flexibility index (Phi) is 8.24. The van der Waals surface area contributed by atoms with Crippen molar-refractivity contribution in [1.82, 2.24) is 15.5 Å². The van der Waals surface area contributed by atoms with Crippen LogP contribution in [0.5, 0.6) is 0 Å². The van der Waals surface area contributed by atoms with Crippen LogP contribution in [0.1, 0.15) is 52.9 Å². The van der Waals surface area contributed by atoms with Crippen LogP contribution >= 0.6 is 0 Å². The first-order valence-corrected chi connectivity index (χ1v) is 8.34. The standard InChI is InChI=1S/C16H31N3O3/c1-16(2,3)22-15(21)18-10-7-9-17-11-8-14(20)19-12-5-4-6-13-19/h17H,4-13H2,1-3H3,(H,18,21). The number of alkyl carbamates (subject to hydrolysis) is 1. The maximum absolute atomic E-state index is 11.9. The summed E-state index contributed by atoms with van der Waals surface area (Å²) in [4.78, 5) is 25.3. The van der Waals surface area contributed by atoms with E-state index in [0.29, 0.717) is 19.5 Å². The van der Waals surface area contributed by atoms with Crippen molar-refractivity contribution in [3.63, 3.8) is 0 Å². The lowest BCUT2D eigenvalue weighted by molar-refractivity contribution is -0.131. The molecule has 22 heavy (non-hydrogen) atoms. The van der Waals surface area contributed by atoms with Crippen molar-refractivity contribution in [2.24, 2.45) is 0 Å². The van der Waals surface area contributed by atoms with Crippen molar-refractivity contribution in [3.8, 4) is 0 Å². The summed E-state index contributed by atoms with van der Waals surface area (Å²) in [5.41, 5.74) is -0.461. The van der Waals surface area contributed by atoms with E-state index < -0.39 is 5.60 Å². The van der Waals surface area contributed by atoms with Crippen LogP contribution in [0.4, 0.5) is 4.79 Å². The SMILES string of the molecule is CC(C)(C)OC(=O)NCCCNCCC(=O)N1CCCCC1. The van der Waals surface area contributed by atoms with Gasteiger partial charge >= 0.3 is 6.09 Å². The Morgan fingerprint density at radius 3 is 2.36 bits per heavy atom. The molecule has 2 N–H and O–H groups in total. The fourth-order valence-corrected chi connectivity index (χ4v) is 2.34. The molecule has 1 fully saturated rings. The average molecular weight is 313 g/mol. The van der Waals surface area contributed by atoms with Crippen LogP contribution in [-0.2, 0) is 9.53 Å². The molecule has 6 nitrogen and oxygen atoms in total. The van der Waals surface area contributed by atoms with E-state index >= 15 is 0 Å². The summed E-state index contributed by atoms with van der Waals surface area (Å²) in [7, 11) is 0. The van der Waals surface area contributed by atoms with E-state index in [1.807, 2.05) is 25.7 Å². The second kappa shape index (κ2) is 9.66. The van der Waals surface area contributed by atoms with Gasteiger partial charge in [0.2, 0.25) is 5.91 Å². The highest BCUT2D eigenvalue weighted by Gasteiger charge is 2.16. The molecule has 0 bridgehead atoms. The molecule has 2 amide bonds. The van der Waals surface area contributed by atoms with Crippen LogP contribution < -0.4 is 10.6 Å². The van der Waals surface area contributed by atoms with Crippen LogP contribution in [0, 0.1) is 0 Å². The van der Waals surface area contributed by atoms with Crippen molar-refractivity contribution in [3.05, 3.63) is 0 Å². The summed E-state index contributed by atoms with van der Waals surface area (Å²) in [6, 6.07) is 0. The van der Waals surface area contributed by atoms with Crippen molar-refractivity contribution in [1.29, 1.82) is 0 Å². The Labute approximate surface area is 134 Å². The predicted octanol–water partition coefficient (Wildman–Crippen LogP) is 1.89. The number of ether oxygens (including phenoxy) is 1. The van der Waals surface area contributed by atoms with Gasteiger partial charge in [0.1, 0.15) is 5.60 Å². The van der Waals surface area contributed by atoms with Crippen molar-refractivity contribution in [2.75, 3.05) is 32.7 Å². The van der Waals surface area contributed by atoms with Crippen LogP contribution in [0.3, 0.4) is 0 Å². The Morgan fingerprint density at radius 2 is 1.73 bits per heavy atom. The molecular formula is C16H31N3O3. The minimum absolute atomic E-state index is 0.249. The van der Waals surface area contributed by atoms with Gasteiger partial charge in [0.05, 0.1) is 0 Å². The summed E-state index contributed by atoms with van der Waals surface area (Å²) >= 11 is 0. The Morgan fingerprint density at radius 1 is 1.05 bits per heavy atom. The highest BCUT2D eigenvalue weighted by atomic mass is 16.6. The highest BCUT2D eigenvalue weighted by molar-refractivity contribution is 5.76. The summed E-state index contributed by atoms with van der Waals surface area (Å²) in [6.07, 6.45) is 4.50. The Bertz CT molecular complexity index is 347. The first-order valence-electron chi connectivity index (χ1n) is 8.34. The minimum Gasteiger partial charge on any atom is -0.444 e. The number of rotatable bonds is 7. The molecule has 0 atom stereocenters. The molecule has 0 aliphatic carbocycles. The summed E-state index contributed by atoms with van der Waals surface area (Å²) < 4.78 is 5.14. The quantitative estimate of drug-likeness (QED) is 0.704. The molecule has 1 aliphatic heterocycles.